The van der Waals surface area contributed by atoms with Gasteiger partial charge in [0.1, 0.15) is 0 Å². The molecule has 3 rings (SSSR count). The Labute approximate surface area is 128 Å². The van der Waals surface area contributed by atoms with Crippen LogP contribution >= 0.6 is 12.4 Å². The summed E-state index contributed by atoms with van der Waals surface area (Å²) >= 11 is 0. The van der Waals surface area contributed by atoms with Crippen LogP contribution in [0.5, 0.6) is 0 Å². The van der Waals surface area contributed by atoms with Crippen molar-refractivity contribution in [2.45, 2.75) is 31.2 Å². The van der Waals surface area contributed by atoms with Crippen molar-refractivity contribution in [1.82, 2.24) is 4.90 Å². The second-order valence-electron chi connectivity index (χ2n) is 5.78. The lowest BCUT2D eigenvalue weighted by Crippen LogP contribution is -2.46. The molecule has 1 aliphatic carbocycles. The summed E-state index contributed by atoms with van der Waals surface area (Å²) in [7, 11) is 0. The van der Waals surface area contributed by atoms with Crippen molar-refractivity contribution in [3.63, 3.8) is 0 Å². The van der Waals surface area contributed by atoms with Crippen LogP contribution in [0.2, 0.25) is 0 Å². The molecule has 2 aliphatic rings. The van der Waals surface area contributed by atoms with Crippen molar-refractivity contribution in [2.24, 2.45) is 11.7 Å². The van der Waals surface area contributed by atoms with Crippen molar-refractivity contribution in [2.75, 3.05) is 13.1 Å². The Morgan fingerprint density at radius 3 is 2.81 bits per heavy atom. The van der Waals surface area contributed by atoms with Gasteiger partial charge in [-0.15, -0.1) is 12.4 Å². The molecule has 1 heterocycles. The molecule has 116 valence electrons. The molecule has 0 bridgehead atoms. The maximum atomic E-state index is 13.7. The first-order chi connectivity index (χ1) is 9.58. The maximum Gasteiger partial charge on any atom is 0.226 e. The van der Waals surface area contributed by atoms with Crippen LogP contribution in [0.4, 0.5) is 8.78 Å². The minimum Gasteiger partial charge on any atom is -0.341 e. The van der Waals surface area contributed by atoms with Gasteiger partial charge in [0.25, 0.3) is 0 Å². The SMILES string of the molecule is Cl.NC1CCCN(C(=O)C2CC2c2cccc(F)c2F)C1. The molecule has 2 N–H and O–H groups in total. The Morgan fingerprint density at radius 1 is 1.33 bits per heavy atom. The second-order valence-corrected chi connectivity index (χ2v) is 5.78. The number of piperidine rings is 1. The summed E-state index contributed by atoms with van der Waals surface area (Å²) in [4.78, 5) is 14.1. The van der Waals surface area contributed by atoms with Crippen LogP contribution in [0.15, 0.2) is 18.2 Å². The fourth-order valence-electron chi connectivity index (χ4n) is 3.06. The number of nitrogens with two attached hydrogens (primary N) is 1. The first kappa shape index (κ1) is 16.2. The van der Waals surface area contributed by atoms with Gasteiger partial charge in [0.2, 0.25) is 5.91 Å². The van der Waals surface area contributed by atoms with Crippen LogP contribution in [0.3, 0.4) is 0 Å². The highest BCUT2D eigenvalue weighted by Gasteiger charge is 2.47. The lowest BCUT2D eigenvalue weighted by atomic mass is 10.0. The van der Waals surface area contributed by atoms with Crippen molar-refractivity contribution in [3.05, 3.63) is 35.4 Å². The van der Waals surface area contributed by atoms with E-state index in [-0.39, 0.29) is 36.2 Å². The smallest absolute Gasteiger partial charge is 0.226 e. The van der Waals surface area contributed by atoms with E-state index in [0.29, 0.717) is 18.5 Å². The molecule has 3 unspecified atom stereocenters. The maximum absolute atomic E-state index is 13.7. The van der Waals surface area contributed by atoms with Gasteiger partial charge in [-0.25, -0.2) is 8.78 Å². The van der Waals surface area contributed by atoms with E-state index in [4.69, 9.17) is 5.73 Å². The summed E-state index contributed by atoms with van der Waals surface area (Å²) in [5.74, 6) is -2.02. The average Bonchev–Trinajstić information content (AvgIpc) is 3.21. The number of hydrogen-bond donors (Lipinski definition) is 1. The number of carbonyl (C=O) groups excluding carboxylic acids is 1. The van der Waals surface area contributed by atoms with Crippen LogP contribution in [-0.4, -0.2) is 29.9 Å². The molecule has 1 saturated heterocycles. The van der Waals surface area contributed by atoms with Crippen LogP contribution in [0.25, 0.3) is 0 Å². The first-order valence-corrected chi connectivity index (χ1v) is 7.06. The van der Waals surface area contributed by atoms with E-state index in [1.165, 1.54) is 6.07 Å². The lowest BCUT2D eigenvalue weighted by molar-refractivity contribution is -0.133. The molecule has 0 aromatic heterocycles. The quantitative estimate of drug-likeness (QED) is 0.911. The number of amides is 1. The predicted octanol–water partition coefficient (Wildman–Crippen LogP) is 2.44. The number of carbonyl (C=O) groups is 1. The molecule has 1 aromatic carbocycles. The molecular formula is C15H19ClF2N2O. The number of nitrogens with zero attached hydrogens (tertiary/aromatic N) is 1. The van der Waals surface area contributed by atoms with E-state index in [2.05, 4.69) is 0 Å². The monoisotopic (exact) mass is 316 g/mol. The van der Waals surface area contributed by atoms with E-state index in [0.717, 1.165) is 25.5 Å². The van der Waals surface area contributed by atoms with Gasteiger partial charge in [0.05, 0.1) is 0 Å². The number of rotatable bonds is 2. The number of benzene rings is 1. The molecule has 2 fully saturated rings. The molecule has 1 amide bonds. The minimum absolute atomic E-state index is 0. The Hall–Kier alpha value is -1.20. The highest BCUT2D eigenvalue weighted by atomic mass is 35.5. The van der Waals surface area contributed by atoms with Crippen LogP contribution in [-0.2, 0) is 4.79 Å². The van der Waals surface area contributed by atoms with Crippen LogP contribution in [0, 0.1) is 17.6 Å². The Morgan fingerprint density at radius 2 is 2.10 bits per heavy atom. The van der Waals surface area contributed by atoms with E-state index in [9.17, 15) is 13.6 Å². The van der Waals surface area contributed by atoms with Gasteiger partial charge in [-0.1, -0.05) is 12.1 Å². The fraction of sp³-hybridized carbons (Fsp3) is 0.533. The van der Waals surface area contributed by atoms with E-state index >= 15 is 0 Å². The van der Waals surface area contributed by atoms with E-state index < -0.39 is 11.6 Å². The van der Waals surface area contributed by atoms with Crippen molar-refractivity contribution in [1.29, 1.82) is 0 Å². The van der Waals surface area contributed by atoms with Gasteiger partial charge in [0, 0.05) is 25.0 Å². The van der Waals surface area contributed by atoms with Crippen molar-refractivity contribution in [3.8, 4) is 0 Å². The molecule has 1 aliphatic heterocycles. The third-order valence-corrected chi connectivity index (χ3v) is 4.26. The summed E-state index contributed by atoms with van der Waals surface area (Å²) in [5.41, 5.74) is 6.19. The fourth-order valence-corrected chi connectivity index (χ4v) is 3.06. The topological polar surface area (TPSA) is 46.3 Å². The zero-order valence-electron chi connectivity index (χ0n) is 11.6. The third kappa shape index (κ3) is 3.19. The van der Waals surface area contributed by atoms with Gasteiger partial charge in [0.15, 0.2) is 11.6 Å². The van der Waals surface area contributed by atoms with Crippen molar-refractivity contribution >= 4 is 18.3 Å². The highest BCUT2D eigenvalue weighted by molar-refractivity contribution is 5.85. The van der Waals surface area contributed by atoms with Gasteiger partial charge in [-0.3, -0.25) is 4.79 Å². The summed E-state index contributed by atoms with van der Waals surface area (Å²) in [6.45, 7) is 1.30. The van der Waals surface area contributed by atoms with Crippen LogP contribution in [0.1, 0.15) is 30.7 Å². The number of hydrogen-bond acceptors (Lipinski definition) is 2. The standard InChI is InChI=1S/C15H18F2N2O.ClH/c16-13-5-1-4-10(14(13)17)11-7-12(11)15(20)19-6-2-3-9(18)8-19;/h1,4-5,9,11-12H,2-3,6-8,18H2;1H. The largest absolute Gasteiger partial charge is 0.341 e. The lowest BCUT2D eigenvalue weighted by Gasteiger charge is -2.31. The second kappa shape index (κ2) is 6.28. The molecule has 0 radical (unpaired) electrons. The molecular weight excluding hydrogens is 298 g/mol. The normalized spacial score (nSPS) is 28.0. The molecule has 6 heteroatoms. The zero-order chi connectivity index (χ0) is 14.3. The third-order valence-electron chi connectivity index (χ3n) is 4.26. The van der Waals surface area contributed by atoms with Gasteiger partial charge in [-0.05, 0) is 36.8 Å². The molecule has 0 spiro atoms. The summed E-state index contributed by atoms with van der Waals surface area (Å²) in [6.07, 6.45) is 2.46. The summed E-state index contributed by atoms with van der Waals surface area (Å²) in [6, 6.07) is 4.19. The van der Waals surface area contributed by atoms with E-state index in [1.807, 2.05) is 0 Å². The van der Waals surface area contributed by atoms with Gasteiger partial charge in [-0.2, -0.15) is 0 Å². The molecule has 3 nitrogen and oxygen atoms in total. The van der Waals surface area contributed by atoms with Gasteiger partial charge < -0.3 is 10.6 Å². The number of likely N-dealkylation sites (tertiary alicyclic amines) is 1. The molecule has 3 atom stereocenters. The first-order valence-electron chi connectivity index (χ1n) is 7.06. The molecule has 21 heavy (non-hydrogen) atoms. The number of halogens is 3. The highest BCUT2D eigenvalue weighted by Crippen LogP contribution is 2.49. The predicted molar refractivity (Wildman–Crippen MR) is 78.2 cm³/mol. The van der Waals surface area contributed by atoms with Crippen molar-refractivity contribution < 1.29 is 13.6 Å². The molecule has 1 saturated carbocycles. The molecule has 1 aromatic rings. The minimum atomic E-state index is -0.847. The van der Waals surface area contributed by atoms with E-state index in [1.54, 1.807) is 11.0 Å². The average molecular weight is 317 g/mol. The summed E-state index contributed by atoms with van der Waals surface area (Å²) < 4.78 is 26.9. The van der Waals surface area contributed by atoms with Crippen LogP contribution < -0.4 is 5.73 Å². The Bertz CT molecular complexity index is 540. The Balaban J connectivity index is 0.00000161. The zero-order valence-corrected chi connectivity index (χ0v) is 12.4. The van der Waals surface area contributed by atoms with Gasteiger partial charge >= 0.3 is 0 Å². The summed E-state index contributed by atoms with van der Waals surface area (Å²) in [5, 5.41) is 0. The Kier molecular flexibility index (Phi) is 4.84.